The lowest BCUT2D eigenvalue weighted by molar-refractivity contribution is -0.137. The fraction of sp³-hybridized carbons (Fsp3) is 0.111. The molecule has 0 atom stereocenters. The highest BCUT2D eigenvalue weighted by Gasteiger charge is 2.34. The predicted octanol–water partition coefficient (Wildman–Crippen LogP) is 4.45. The highest BCUT2D eigenvalue weighted by molar-refractivity contribution is 6.30. The van der Waals surface area contributed by atoms with Crippen molar-refractivity contribution in [2.24, 2.45) is 0 Å². The minimum Gasteiger partial charge on any atom is -0.303 e. The number of benzene rings is 2. The maximum Gasteiger partial charge on any atom is 0.416 e. The quantitative estimate of drug-likeness (QED) is 0.631. The Morgan fingerprint density at radius 1 is 1.08 bits per heavy atom. The molecule has 3 rings (SSSR count). The Bertz CT molecular complexity index is 892. The molecule has 1 heterocycles. The number of nitrogens with zero attached hydrogens (tertiary/aromatic N) is 1. The number of nitrogens with one attached hydrogen (secondary N) is 1. The molecule has 134 valence electrons. The summed E-state index contributed by atoms with van der Waals surface area (Å²) in [5.74, 6) is -0.609. The van der Waals surface area contributed by atoms with E-state index < -0.39 is 23.7 Å². The average Bonchev–Trinajstić information content (AvgIpc) is 2.84. The summed E-state index contributed by atoms with van der Waals surface area (Å²) >= 11 is 5.79. The van der Waals surface area contributed by atoms with Crippen molar-refractivity contribution in [3.05, 3.63) is 75.9 Å². The van der Waals surface area contributed by atoms with E-state index >= 15 is 0 Å². The maximum atomic E-state index is 12.8. The van der Waals surface area contributed by atoms with Crippen LogP contribution >= 0.6 is 11.6 Å². The van der Waals surface area contributed by atoms with Crippen LogP contribution in [0.2, 0.25) is 5.02 Å². The van der Waals surface area contributed by atoms with Crippen molar-refractivity contribution in [1.29, 1.82) is 0 Å². The van der Waals surface area contributed by atoms with Gasteiger partial charge in [-0.05, 0) is 41.5 Å². The van der Waals surface area contributed by atoms with E-state index in [-0.39, 0.29) is 17.8 Å². The van der Waals surface area contributed by atoms with Crippen LogP contribution < -0.4 is 5.32 Å². The highest BCUT2D eigenvalue weighted by Crippen LogP contribution is 2.30. The topological polar surface area (TPSA) is 49.4 Å². The zero-order chi connectivity index (χ0) is 18.9. The van der Waals surface area contributed by atoms with Gasteiger partial charge >= 0.3 is 12.2 Å². The van der Waals surface area contributed by atoms with E-state index in [1.54, 1.807) is 24.3 Å². The Morgan fingerprint density at radius 2 is 1.77 bits per heavy atom. The second-order valence-electron chi connectivity index (χ2n) is 5.63. The van der Waals surface area contributed by atoms with Crippen LogP contribution in [-0.4, -0.2) is 16.8 Å². The van der Waals surface area contributed by atoms with Gasteiger partial charge in [-0.25, -0.2) is 4.79 Å². The number of hydrogen-bond donors (Lipinski definition) is 1. The van der Waals surface area contributed by atoms with E-state index in [1.807, 2.05) is 0 Å². The van der Waals surface area contributed by atoms with E-state index in [0.717, 1.165) is 17.0 Å². The van der Waals surface area contributed by atoms with Crippen LogP contribution in [0.5, 0.6) is 0 Å². The van der Waals surface area contributed by atoms with Crippen LogP contribution in [0.3, 0.4) is 0 Å². The van der Waals surface area contributed by atoms with Crippen LogP contribution in [0.15, 0.2) is 54.2 Å². The minimum atomic E-state index is -4.49. The predicted molar refractivity (Wildman–Crippen MR) is 90.0 cm³/mol. The molecule has 1 N–H and O–H groups in total. The molecule has 1 saturated heterocycles. The van der Waals surface area contributed by atoms with Crippen molar-refractivity contribution in [2.45, 2.75) is 12.7 Å². The van der Waals surface area contributed by atoms with Gasteiger partial charge in [-0.3, -0.25) is 9.69 Å². The van der Waals surface area contributed by atoms with Gasteiger partial charge in [0, 0.05) is 5.02 Å². The van der Waals surface area contributed by atoms with Gasteiger partial charge in [0.1, 0.15) is 5.70 Å². The van der Waals surface area contributed by atoms with Crippen molar-refractivity contribution in [2.75, 3.05) is 0 Å². The number of alkyl halides is 3. The molecule has 1 aliphatic heterocycles. The third kappa shape index (κ3) is 3.88. The first-order valence-corrected chi connectivity index (χ1v) is 7.88. The Kier molecular flexibility index (Phi) is 4.73. The maximum absolute atomic E-state index is 12.8. The second kappa shape index (κ2) is 6.84. The van der Waals surface area contributed by atoms with E-state index in [0.29, 0.717) is 10.6 Å². The van der Waals surface area contributed by atoms with E-state index in [9.17, 15) is 22.8 Å². The lowest BCUT2D eigenvalue weighted by Crippen LogP contribution is -2.30. The molecule has 0 aliphatic carbocycles. The Hall–Kier alpha value is -2.80. The van der Waals surface area contributed by atoms with Gasteiger partial charge < -0.3 is 5.32 Å². The molecule has 0 unspecified atom stereocenters. The number of carbonyl (C=O) groups is 2. The molecule has 0 aromatic heterocycles. The molecule has 4 nitrogen and oxygen atoms in total. The summed E-state index contributed by atoms with van der Waals surface area (Å²) < 4.78 is 38.3. The van der Waals surface area contributed by atoms with Gasteiger partial charge in [0.15, 0.2) is 0 Å². The number of carbonyl (C=O) groups excluding carboxylic acids is 2. The lowest BCUT2D eigenvalue weighted by atomic mass is 10.1. The molecule has 0 saturated carbocycles. The summed E-state index contributed by atoms with van der Waals surface area (Å²) in [7, 11) is 0. The third-order valence-corrected chi connectivity index (χ3v) is 3.99. The Morgan fingerprint density at radius 3 is 2.42 bits per heavy atom. The molecule has 1 fully saturated rings. The second-order valence-corrected chi connectivity index (χ2v) is 6.07. The number of rotatable bonds is 3. The molecule has 2 aromatic carbocycles. The number of hydrogen-bond acceptors (Lipinski definition) is 2. The summed E-state index contributed by atoms with van der Waals surface area (Å²) in [6.07, 6.45) is -3.27. The van der Waals surface area contributed by atoms with Gasteiger partial charge in [-0.2, -0.15) is 13.2 Å². The Balaban J connectivity index is 1.82. The molecule has 3 amide bonds. The van der Waals surface area contributed by atoms with E-state index in [1.165, 1.54) is 18.2 Å². The highest BCUT2D eigenvalue weighted by atomic mass is 35.5. The normalized spacial score (nSPS) is 16.3. The summed E-state index contributed by atoms with van der Waals surface area (Å²) in [6.45, 7) is 0.0295. The fourth-order valence-electron chi connectivity index (χ4n) is 2.46. The zero-order valence-corrected chi connectivity index (χ0v) is 13.9. The third-order valence-electron chi connectivity index (χ3n) is 3.74. The Labute approximate surface area is 151 Å². The summed E-state index contributed by atoms with van der Waals surface area (Å²) in [5, 5.41) is 2.91. The number of amides is 3. The monoisotopic (exact) mass is 380 g/mol. The number of imide groups is 1. The summed E-state index contributed by atoms with van der Waals surface area (Å²) in [4.78, 5) is 25.4. The molecule has 0 bridgehead atoms. The van der Waals surface area contributed by atoms with Crippen molar-refractivity contribution in [1.82, 2.24) is 10.2 Å². The molecule has 8 heteroatoms. The number of halogens is 4. The van der Waals surface area contributed by atoms with Crippen LogP contribution in [0.25, 0.3) is 6.08 Å². The van der Waals surface area contributed by atoms with Crippen molar-refractivity contribution >= 4 is 29.6 Å². The van der Waals surface area contributed by atoms with Gasteiger partial charge in [0.25, 0.3) is 5.91 Å². The summed E-state index contributed by atoms with van der Waals surface area (Å²) in [5.41, 5.74) is -0.0556. The standard InChI is InChI=1S/C18H12ClF3N2O2/c19-14-6-4-11(5-7-14)10-24-16(25)15(23-17(24)26)9-12-2-1-3-13(8-12)18(20,21)22/h1-9H,10H2,(H,23,26)/b15-9-. The van der Waals surface area contributed by atoms with Crippen molar-refractivity contribution < 1.29 is 22.8 Å². The van der Waals surface area contributed by atoms with Crippen LogP contribution in [0.4, 0.5) is 18.0 Å². The van der Waals surface area contributed by atoms with Gasteiger partial charge in [-0.1, -0.05) is 35.9 Å². The molecule has 2 aromatic rings. The zero-order valence-electron chi connectivity index (χ0n) is 13.2. The molecular weight excluding hydrogens is 369 g/mol. The van der Waals surface area contributed by atoms with Crippen LogP contribution in [0.1, 0.15) is 16.7 Å². The average molecular weight is 381 g/mol. The van der Waals surface area contributed by atoms with Crippen molar-refractivity contribution in [3.8, 4) is 0 Å². The summed E-state index contributed by atoms with van der Waals surface area (Å²) in [6, 6.07) is 10.5. The molecule has 0 spiro atoms. The first-order chi connectivity index (χ1) is 12.2. The van der Waals surface area contributed by atoms with Crippen molar-refractivity contribution in [3.63, 3.8) is 0 Å². The first-order valence-electron chi connectivity index (χ1n) is 7.50. The molecule has 0 radical (unpaired) electrons. The molecule has 26 heavy (non-hydrogen) atoms. The van der Waals surface area contributed by atoms with Crippen LogP contribution in [0, 0.1) is 0 Å². The fourth-order valence-corrected chi connectivity index (χ4v) is 2.59. The van der Waals surface area contributed by atoms with Gasteiger partial charge in [0.05, 0.1) is 12.1 Å². The van der Waals surface area contributed by atoms with E-state index in [2.05, 4.69) is 5.32 Å². The lowest BCUT2D eigenvalue weighted by Gasteiger charge is -2.11. The smallest absolute Gasteiger partial charge is 0.303 e. The van der Waals surface area contributed by atoms with E-state index in [4.69, 9.17) is 11.6 Å². The first kappa shape index (κ1) is 18.0. The number of urea groups is 1. The SMILES string of the molecule is O=C1N/C(=C\c2cccc(C(F)(F)F)c2)C(=O)N1Cc1ccc(Cl)cc1. The van der Waals surface area contributed by atoms with Gasteiger partial charge in [0.2, 0.25) is 0 Å². The van der Waals surface area contributed by atoms with Gasteiger partial charge in [-0.15, -0.1) is 0 Å². The van der Waals surface area contributed by atoms with Crippen LogP contribution in [-0.2, 0) is 17.5 Å². The molecular formula is C18H12ClF3N2O2. The molecule has 1 aliphatic rings. The largest absolute Gasteiger partial charge is 0.416 e. The minimum absolute atomic E-state index is 0.0295.